The van der Waals surface area contributed by atoms with Gasteiger partial charge in [0.15, 0.2) is 0 Å². The number of benzene rings is 1. The van der Waals surface area contributed by atoms with Gasteiger partial charge in [-0.05, 0) is 30.3 Å². The number of aromatic nitrogens is 2. The Morgan fingerprint density at radius 2 is 1.47 bits per heavy atom. The summed E-state index contributed by atoms with van der Waals surface area (Å²) in [6.45, 7) is 0. The van der Waals surface area contributed by atoms with Crippen molar-refractivity contribution in [3.05, 3.63) is 54.9 Å². The van der Waals surface area contributed by atoms with E-state index < -0.39 is 0 Å². The molecule has 2 aromatic heterocycles. The molecule has 0 atom stereocenters. The minimum absolute atomic E-state index is 0.277. The van der Waals surface area contributed by atoms with Gasteiger partial charge in [-0.15, -0.1) is 0 Å². The summed E-state index contributed by atoms with van der Waals surface area (Å²) < 4.78 is 0. The molecule has 0 bridgehead atoms. The van der Waals surface area contributed by atoms with Crippen LogP contribution in [0.25, 0.3) is 22.5 Å². The zero-order valence-electron chi connectivity index (χ0n) is 9.14. The van der Waals surface area contributed by atoms with Crippen LogP contribution in [0.1, 0.15) is 0 Å². The molecule has 1 aromatic carbocycles. The first kappa shape index (κ1) is 9.78. The molecule has 3 aromatic rings. The monoisotopic (exact) mass is 224 g/mol. The molecule has 0 radical (unpaired) electrons. The molecule has 0 unspecified atom stereocenters. The van der Waals surface area contributed by atoms with Gasteiger partial charge in [0, 0.05) is 34.9 Å². The van der Waals surface area contributed by atoms with E-state index in [1.165, 1.54) is 0 Å². The van der Waals surface area contributed by atoms with Gasteiger partial charge >= 0.3 is 0 Å². The van der Waals surface area contributed by atoms with E-state index in [1.54, 1.807) is 6.07 Å². The van der Waals surface area contributed by atoms with Crippen LogP contribution >= 0.6 is 0 Å². The quantitative estimate of drug-likeness (QED) is 0.614. The first-order valence-electron chi connectivity index (χ1n) is 5.46. The Morgan fingerprint density at radius 3 is 2.12 bits per heavy atom. The fourth-order valence-corrected chi connectivity index (χ4v) is 2.03. The summed E-state index contributed by atoms with van der Waals surface area (Å²) in [5, 5.41) is 10.0. The molecule has 17 heavy (non-hydrogen) atoms. The standard InChI is InChI=1S/C14H12N2O/c17-13-7-1-4-10(11-5-2-8-15-11)14(13)12-6-3-9-16-12/h1-9,15-17H. The number of phenols is 1. The summed E-state index contributed by atoms with van der Waals surface area (Å²) in [5.41, 5.74) is 3.70. The van der Waals surface area contributed by atoms with E-state index in [0.29, 0.717) is 0 Å². The van der Waals surface area contributed by atoms with Crippen LogP contribution in [-0.2, 0) is 0 Å². The van der Waals surface area contributed by atoms with Crippen LogP contribution in [0.5, 0.6) is 5.75 Å². The summed E-state index contributed by atoms with van der Waals surface area (Å²) in [4.78, 5) is 6.28. The Kier molecular flexibility index (Phi) is 2.22. The molecule has 3 nitrogen and oxygen atoms in total. The highest BCUT2D eigenvalue weighted by atomic mass is 16.3. The molecule has 3 rings (SSSR count). The number of H-pyrrole nitrogens is 2. The number of nitrogens with one attached hydrogen (secondary N) is 2. The molecular formula is C14H12N2O. The van der Waals surface area contributed by atoms with Crippen LogP contribution in [0.4, 0.5) is 0 Å². The van der Waals surface area contributed by atoms with Gasteiger partial charge in [0.05, 0.1) is 0 Å². The van der Waals surface area contributed by atoms with Gasteiger partial charge in [-0.25, -0.2) is 0 Å². The zero-order valence-corrected chi connectivity index (χ0v) is 9.14. The average Bonchev–Trinajstić information content (AvgIpc) is 3.02. The van der Waals surface area contributed by atoms with Gasteiger partial charge in [-0.3, -0.25) is 0 Å². The van der Waals surface area contributed by atoms with Crippen molar-refractivity contribution in [2.45, 2.75) is 0 Å². The molecule has 2 heterocycles. The van der Waals surface area contributed by atoms with E-state index in [-0.39, 0.29) is 5.75 Å². The van der Waals surface area contributed by atoms with Gasteiger partial charge in [0.2, 0.25) is 0 Å². The predicted molar refractivity (Wildman–Crippen MR) is 67.7 cm³/mol. The van der Waals surface area contributed by atoms with Crippen molar-refractivity contribution in [3.63, 3.8) is 0 Å². The number of aromatic hydroxyl groups is 1. The SMILES string of the molecule is Oc1cccc(-c2ccc[nH]2)c1-c1ccc[nH]1. The molecule has 84 valence electrons. The van der Waals surface area contributed by atoms with Crippen LogP contribution < -0.4 is 0 Å². The normalized spacial score (nSPS) is 10.6. The van der Waals surface area contributed by atoms with Gasteiger partial charge in [-0.2, -0.15) is 0 Å². The Balaban J connectivity index is 2.26. The van der Waals surface area contributed by atoms with Crippen molar-refractivity contribution in [3.8, 4) is 28.3 Å². The highest BCUT2D eigenvalue weighted by Gasteiger charge is 2.12. The fraction of sp³-hybridized carbons (Fsp3) is 0. The summed E-state index contributed by atoms with van der Waals surface area (Å²) in [5.74, 6) is 0.277. The van der Waals surface area contributed by atoms with Crippen LogP contribution in [0.3, 0.4) is 0 Å². The van der Waals surface area contributed by atoms with Gasteiger partial charge in [-0.1, -0.05) is 12.1 Å². The number of aromatic amines is 2. The largest absolute Gasteiger partial charge is 0.507 e. The number of rotatable bonds is 2. The lowest BCUT2D eigenvalue weighted by Gasteiger charge is -2.09. The summed E-state index contributed by atoms with van der Waals surface area (Å²) in [7, 11) is 0. The van der Waals surface area contributed by atoms with E-state index in [0.717, 1.165) is 22.5 Å². The van der Waals surface area contributed by atoms with Crippen LogP contribution in [0.2, 0.25) is 0 Å². The first-order valence-corrected chi connectivity index (χ1v) is 5.46. The molecule has 3 N–H and O–H groups in total. The fourth-order valence-electron chi connectivity index (χ4n) is 2.03. The predicted octanol–water partition coefficient (Wildman–Crippen LogP) is 3.38. The van der Waals surface area contributed by atoms with Crippen LogP contribution in [0.15, 0.2) is 54.9 Å². The van der Waals surface area contributed by atoms with E-state index in [2.05, 4.69) is 9.97 Å². The minimum atomic E-state index is 0.277. The molecule has 0 fully saturated rings. The van der Waals surface area contributed by atoms with Gasteiger partial charge in [0.25, 0.3) is 0 Å². The zero-order chi connectivity index (χ0) is 11.7. The Bertz CT molecular complexity index is 610. The molecule has 0 aliphatic heterocycles. The lowest BCUT2D eigenvalue weighted by Crippen LogP contribution is -1.86. The molecule has 0 saturated heterocycles. The van der Waals surface area contributed by atoms with Gasteiger partial charge < -0.3 is 15.1 Å². The van der Waals surface area contributed by atoms with E-state index in [9.17, 15) is 5.11 Å². The lowest BCUT2D eigenvalue weighted by atomic mass is 10.0. The van der Waals surface area contributed by atoms with Crippen molar-refractivity contribution in [1.29, 1.82) is 0 Å². The third-order valence-corrected chi connectivity index (χ3v) is 2.80. The second-order valence-corrected chi connectivity index (χ2v) is 3.87. The molecule has 0 aliphatic carbocycles. The molecule has 0 saturated carbocycles. The smallest absolute Gasteiger partial charge is 0.125 e. The summed E-state index contributed by atoms with van der Waals surface area (Å²) in [6.07, 6.45) is 3.72. The Morgan fingerprint density at radius 1 is 0.765 bits per heavy atom. The average molecular weight is 224 g/mol. The number of phenolic OH excluding ortho intramolecular Hbond substituents is 1. The Labute approximate surface area is 98.8 Å². The van der Waals surface area contributed by atoms with E-state index in [4.69, 9.17) is 0 Å². The van der Waals surface area contributed by atoms with Gasteiger partial charge in [0.1, 0.15) is 5.75 Å². The van der Waals surface area contributed by atoms with Crippen molar-refractivity contribution in [2.24, 2.45) is 0 Å². The van der Waals surface area contributed by atoms with E-state index in [1.807, 2.05) is 48.8 Å². The molecular weight excluding hydrogens is 212 g/mol. The van der Waals surface area contributed by atoms with Crippen LogP contribution in [0, 0.1) is 0 Å². The number of hydrogen-bond donors (Lipinski definition) is 3. The molecule has 0 amide bonds. The second-order valence-electron chi connectivity index (χ2n) is 3.87. The minimum Gasteiger partial charge on any atom is -0.507 e. The number of hydrogen-bond acceptors (Lipinski definition) is 1. The van der Waals surface area contributed by atoms with Crippen LogP contribution in [-0.4, -0.2) is 15.1 Å². The van der Waals surface area contributed by atoms with Crippen molar-refractivity contribution in [1.82, 2.24) is 9.97 Å². The topological polar surface area (TPSA) is 51.8 Å². The Hall–Kier alpha value is -2.42. The maximum absolute atomic E-state index is 10.0. The third kappa shape index (κ3) is 1.61. The van der Waals surface area contributed by atoms with Crippen molar-refractivity contribution in [2.75, 3.05) is 0 Å². The van der Waals surface area contributed by atoms with Crippen molar-refractivity contribution < 1.29 is 5.11 Å². The van der Waals surface area contributed by atoms with E-state index >= 15 is 0 Å². The molecule has 0 aliphatic rings. The lowest BCUT2D eigenvalue weighted by molar-refractivity contribution is 0.477. The highest BCUT2D eigenvalue weighted by Crippen LogP contribution is 2.36. The molecule has 3 heteroatoms. The second kappa shape index (κ2) is 3.87. The first-order chi connectivity index (χ1) is 8.36. The maximum Gasteiger partial charge on any atom is 0.125 e. The maximum atomic E-state index is 10.0. The highest BCUT2D eigenvalue weighted by molar-refractivity contribution is 5.84. The molecule has 0 spiro atoms. The third-order valence-electron chi connectivity index (χ3n) is 2.80. The van der Waals surface area contributed by atoms with Crippen molar-refractivity contribution >= 4 is 0 Å². The summed E-state index contributed by atoms with van der Waals surface area (Å²) in [6, 6.07) is 13.3. The summed E-state index contributed by atoms with van der Waals surface area (Å²) >= 11 is 0.